The lowest BCUT2D eigenvalue weighted by Crippen LogP contribution is -2.37. The second-order valence-corrected chi connectivity index (χ2v) is 4.56. The van der Waals surface area contributed by atoms with Gasteiger partial charge in [0.1, 0.15) is 0 Å². The van der Waals surface area contributed by atoms with Crippen molar-refractivity contribution in [1.29, 1.82) is 0 Å². The summed E-state index contributed by atoms with van der Waals surface area (Å²) < 4.78 is 7.04. The van der Waals surface area contributed by atoms with E-state index >= 15 is 0 Å². The van der Waals surface area contributed by atoms with Crippen molar-refractivity contribution in [2.24, 2.45) is 0 Å². The first-order valence-electron chi connectivity index (χ1n) is 6.46. The highest BCUT2D eigenvalue weighted by atomic mass is 16.5. The highest BCUT2D eigenvalue weighted by Gasteiger charge is 2.19. The summed E-state index contributed by atoms with van der Waals surface area (Å²) in [4.78, 5) is 13.4. The zero-order valence-corrected chi connectivity index (χ0v) is 10.9. The third kappa shape index (κ3) is 2.37. The van der Waals surface area contributed by atoms with Crippen LogP contribution in [0.5, 0.6) is 0 Å². The number of carbonyl (C=O) groups is 1. The molecule has 0 saturated carbocycles. The number of carboxylic acids is 1. The maximum atomic E-state index is 11.4. The Balaban J connectivity index is 2.03. The lowest BCUT2D eigenvalue weighted by atomic mass is 10.1. The molecule has 20 heavy (non-hydrogen) atoms. The van der Waals surface area contributed by atoms with Crippen LogP contribution in [0.2, 0.25) is 0 Å². The SMILES string of the molecule is O=C(O)c1ccc(-n2cccn2)cc1N1CCOCC1. The van der Waals surface area contributed by atoms with Gasteiger partial charge >= 0.3 is 5.97 Å². The lowest BCUT2D eigenvalue weighted by Gasteiger charge is -2.30. The van der Waals surface area contributed by atoms with Crippen molar-refractivity contribution >= 4 is 11.7 Å². The molecule has 1 aromatic carbocycles. The van der Waals surface area contributed by atoms with Crippen LogP contribution in [-0.2, 0) is 4.74 Å². The van der Waals surface area contributed by atoms with Crippen molar-refractivity contribution in [3.05, 3.63) is 42.2 Å². The predicted molar refractivity (Wildman–Crippen MR) is 73.6 cm³/mol. The molecule has 1 fully saturated rings. The molecule has 2 heterocycles. The van der Waals surface area contributed by atoms with Crippen LogP contribution in [0.3, 0.4) is 0 Å². The standard InChI is InChI=1S/C14H15N3O3/c18-14(19)12-3-2-11(17-5-1-4-15-17)10-13(12)16-6-8-20-9-7-16/h1-5,10H,6-9H2,(H,18,19). The Morgan fingerprint density at radius 1 is 1.30 bits per heavy atom. The van der Waals surface area contributed by atoms with Gasteiger partial charge in [0, 0.05) is 25.5 Å². The van der Waals surface area contributed by atoms with Gasteiger partial charge in [-0.1, -0.05) is 0 Å². The fraction of sp³-hybridized carbons (Fsp3) is 0.286. The summed E-state index contributed by atoms with van der Waals surface area (Å²) in [6.07, 6.45) is 3.53. The van der Waals surface area contributed by atoms with E-state index in [-0.39, 0.29) is 0 Å². The van der Waals surface area contributed by atoms with Crippen molar-refractivity contribution in [2.75, 3.05) is 31.2 Å². The molecule has 0 spiro atoms. The molecule has 0 atom stereocenters. The van der Waals surface area contributed by atoms with Gasteiger partial charge in [-0.3, -0.25) is 0 Å². The number of hydrogen-bond donors (Lipinski definition) is 1. The molecule has 1 aromatic heterocycles. The normalized spacial score (nSPS) is 15.3. The van der Waals surface area contributed by atoms with Crippen molar-refractivity contribution in [3.63, 3.8) is 0 Å². The fourth-order valence-corrected chi connectivity index (χ4v) is 2.33. The summed E-state index contributed by atoms with van der Waals surface area (Å²) in [7, 11) is 0. The van der Waals surface area contributed by atoms with Gasteiger partial charge in [0.05, 0.1) is 30.2 Å². The number of carboxylic acid groups (broad SMARTS) is 1. The Labute approximate surface area is 116 Å². The predicted octanol–water partition coefficient (Wildman–Crippen LogP) is 1.41. The molecule has 3 rings (SSSR count). The van der Waals surface area contributed by atoms with Gasteiger partial charge in [-0.15, -0.1) is 0 Å². The van der Waals surface area contributed by atoms with Crippen LogP contribution in [0.1, 0.15) is 10.4 Å². The summed E-state index contributed by atoms with van der Waals surface area (Å²) in [5.74, 6) is -0.918. The molecule has 1 saturated heterocycles. The lowest BCUT2D eigenvalue weighted by molar-refractivity contribution is 0.0696. The summed E-state index contributed by atoms with van der Waals surface area (Å²) in [6, 6.07) is 7.09. The van der Waals surface area contributed by atoms with E-state index in [4.69, 9.17) is 4.74 Å². The van der Waals surface area contributed by atoms with E-state index < -0.39 is 5.97 Å². The quantitative estimate of drug-likeness (QED) is 0.915. The van der Waals surface area contributed by atoms with Crippen LogP contribution >= 0.6 is 0 Å². The number of morpholine rings is 1. The van der Waals surface area contributed by atoms with E-state index in [0.29, 0.717) is 37.6 Å². The molecule has 0 bridgehead atoms. The van der Waals surface area contributed by atoms with E-state index in [1.807, 2.05) is 23.2 Å². The van der Waals surface area contributed by atoms with Crippen LogP contribution in [0.15, 0.2) is 36.7 Å². The van der Waals surface area contributed by atoms with E-state index in [2.05, 4.69) is 5.10 Å². The number of aromatic carboxylic acids is 1. The number of rotatable bonds is 3. The first-order chi connectivity index (χ1) is 9.75. The van der Waals surface area contributed by atoms with Gasteiger partial charge in [-0.05, 0) is 24.3 Å². The van der Waals surface area contributed by atoms with E-state index in [9.17, 15) is 9.90 Å². The van der Waals surface area contributed by atoms with Gasteiger partial charge in [0.25, 0.3) is 0 Å². The monoisotopic (exact) mass is 273 g/mol. The molecule has 0 unspecified atom stereocenters. The molecule has 104 valence electrons. The number of hydrogen-bond acceptors (Lipinski definition) is 4. The minimum atomic E-state index is -0.918. The van der Waals surface area contributed by atoms with Crippen LogP contribution in [0, 0.1) is 0 Å². The molecule has 0 aliphatic carbocycles. The third-order valence-electron chi connectivity index (χ3n) is 3.33. The first kappa shape index (κ1) is 12.7. The minimum Gasteiger partial charge on any atom is -0.478 e. The summed E-state index contributed by atoms with van der Waals surface area (Å²) >= 11 is 0. The molecule has 1 aliphatic heterocycles. The Bertz CT molecular complexity index is 604. The van der Waals surface area contributed by atoms with Gasteiger partial charge in [-0.2, -0.15) is 5.10 Å². The Hall–Kier alpha value is -2.34. The second-order valence-electron chi connectivity index (χ2n) is 4.56. The molecule has 2 aromatic rings. The maximum absolute atomic E-state index is 11.4. The molecule has 1 N–H and O–H groups in total. The van der Waals surface area contributed by atoms with Crippen LogP contribution in [0.4, 0.5) is 5.69 Å². The molecular weight excluding hydrogens is 258 g/mol. The largest absolute Gasteiger partial charge is 0.478 e. The topological polar surface area (TPSA) is 67.6 Å². The fourth-order valence-electron chi connectivity index (χ4n) is 2.33. The minimum absolute atomic E-state index is 0.308. The zero-order chi connectivity index (χ0) is 13.9. The Morgan fingerprint density at radius 2 is 2.10 bits per heavy atom. The van der Waals surface area contributed by atoms with Crippen LogP contribution in [0.25, 0.3) is 5.69 Å². The van der Waals surface area contributed by atoms with Crippen molar-refractivity contribution in [3.8, 4) is 5.69 Å². The van der Waals surface area contributed by atoms with Crippen molar-refractivity contribution in [2.45, 2.75) is 0 Å². The number of ether oxygens (including phenoxy) is 1. The smallest absolute Gasteiger partial charge is 0.337 e. The van der Waals surface area contributed by atoms with E-state index in [1.54, 1.807) is 23.0 Å². The average molecular weight is 273 g/mol. The van der Waals surface area contributed by atoms with Gasteiger partial charge in [-0.25, -0.2) is 9.48 Å². The first-order valence-corrected chi connectivity index (χ1v) is 6.46. The summed E-state index contributed by atoms with van der Waals surface area (Å²) in [5.41, 5.74) is 1.87. The Kier molecular flexibility index (Phi) is 3.39. The highest BCUT2D eigenvalue weighted by Crippen LogP contribution is 2.25. The summed E-state index contributed by atoms with van der Waals surface area (Å²) in [6.45, 7) is 2.63. The number of benzene rings is 1. The van der Waals surface area contributed by atoms with Crippen LogP contribution in [-0.4, -0.2) is 47.2 Å². The van der Waals surface area contributed by atoms with Crippen LogP contribution < -0.4 is 4.90 Å². The number of aromatic nitrogens is 2. The molecule has 1 aliphatic rings. The second kappa shape index (κ2) is 5.34. The molecular formula is C14H15N3O3. The van der Waals surface area contributed by atoms with Gasteiger partial charge in [0.2, 0.25) is 0 Å². The van der Waals surface area contributed by atoms with Gasteiger partial charge in [0.15, 0.2) is 0 Å². The molecule has 6 nitrogen and oxygen atoms in total. The number of nitrogens with zero attached hydrogens (tertiary/aromatic N) is 3. The Morgan fingerprint density at radius 3 is 2.75 bits per heavy atom. The zero-order valence-electron chi connectivity index (χ0n) is 10.9. The van der Waals surface area contributed by atoms with Gasteiger partial charge < -0.3 is 14.7 Å². The van der Waals surface area contributed by atoms with E-state index in [0.717, 1.165) is 5.69 Å². The van der Waals surface area contributed by atoms with Crippen molar-refractivity contribution < 1.29 is 14.6 Å². The molecule has 0 amide bonds. The third-order valence-corrected chi connectivity index (χ3v) is 3.33. The summed E-state index contributed by atoms with van der Waals surface area (Å²) in [5, 5.41) is 13.5. The van der Waals surface area contributed by atoms with Crippen molar-refractivity contribution in [1.82, 2.24) is 9.78 Å². The average Bonchev–Trinajstić information content (AvgIpc) is 3.02. The number of anilines is 1. The molecule has 6 heteroatoms. The highest BCUT2D eigenvalue weighted by molar-refractivity contribution is 5.95. The molecule has 0 radical (unpaired) electrons. The van der Waals surface area contributed by atoms with E-state index in [1.165, 1.54) is 0 Å². The maximum Gasteiger partial charge on any atom is 0.337 e.